The Bertz CT molecular complexity index is 458. The van der Waals surface area contributed by atoms with E-state index in [9.17, 15) is 13.2 Å². The topological polar surface area (TPSA) is 98.5 Å². The molecule has 17 heavy (non-hydrogen) atoms. The van der Waals surface area contributed by atoms with E-state index in [0.717, 1.165) is 7.11 Å². The van der Waals surface area contributed by atoms with E-state index in [2.05, 4.69) is 4.74 Å². The average molecular weight is 269 g/mol. The van der Waals surface area contributed by atoms with E-state index in [0.29, 0.717) is 5.69 Å². The molecule has 0 aliphatic heterocycles. The summed E-state index contributed by atoms with van der Waals surface area (Å²) in [5, 5.41) is 0. The van der Waals surface area contributed by atoms with Gasteiger partial charge in [0.15, 0.2) is 0 Å². The number of hydrogen-bond donors (Lipinski definition) is 2. The first-order valence-corrected chi connectivity index (χ1v) is 5.40. The summed E-state index contributed by atoms with van der Waals surface area (Å²) in [4.78, 5) is 10.7. The summed E-state index contributed by atoms with van der Waals surface area (Å²) in [5.41, 5.74) is 5.83. The van der Waals surface area contributed by atoms with Crippen LogP contribution in [-0.2, 0) is 14.8 Å². The predicted octanol–water partition coefficient (Wildman–Crippen LogP) is -2.05. The number of carbonyl (C=O) groups is 1. The van der Waals surface area contributed by atoms with Crippen molar-refractivity contribution in [2.24, 2.45) is 0 Å². The van der Waals surface area contributed by atoms with Crippen LogP contribution in [0, 0.1) is 0 Å². The molecule has 0 bridgehead atoms. The fourth-order valence-corrected chi connectivity index (χ4v) is 1.77. The molecule has 0 radical (unpaired) electrons. The van der Waals surface area contributed by atoms with E-state index in [1.165, 1.54) is 24.3 Å². The maximum Gasteiger partial charge on any atom is 1.00 e. The number of nitrogens with two attached hydrogens (primary N) is 1. The van der Waals surface area contributed by atoms with Crippen molar-refractivity contribution in [3.63, 3.8) is 0 Å². The molecule has 0 atom stereocenters. The second kappa shape index (κ2) is 7.54. The number of amides is 1. The monoisotopic (exact) mass is 269 g/mol. The molecule has 1 rings (SSSR count). The van der Waals surface area contributed by atoms with Crippen molar-refractivity contribution in [3.8, 4) is 0 Å². The van der Waals surface area contributed by atoms with E-state index in [-0.39, 0.29) is 41.9 Å². The first-order valence-electron chi connectivity index (χ1n) is 3.92. The van der Waals surface area contributed by atoms with Crippen molar-refractivity contribution in [1.82, 2.24) is 4.72 Å². The minimum atomic E-state index is -3.87. The molecule has 0 saturated carbocycles. The van der Waals surface area contributed by atoms with Crippen LogP contribution in [0.4, 0.5) is 10.5 Å². The van der Waals surface area contributed by atoms with E-state index in [1.807, 2.05) is 0 Å². The largest absolute Gasteiger partial charge is 1.00 e. The summed E-state index contributed by atoms with van der Waals surface area (Å²) >= 11 is 0. The summed E-state index contributed by atoms with van der Waals surface area (Å²) in [6.07, 6.45) is -1.04. The molecule has 0 spiro atoms. The SMILES string of the molecule is C.COC(=O)NS(=O)(=O)c1ccc(N)cc1.[Na+]. The number of nitrogen functional groups attached to an aromatic ring is 1. The molecule has 0 aliphatic rings. The van der Waals surface area contributed by atoms with Crippen LogP contribution in [-0.4, -0.2) is 21.6 Å². The van der Waals surface area contributed by atoms with E-state index in [1.54, 1.807) is 4.72 Å². The van der Waals surface area contributed by atoms with Crippen LogP contribution in [0.3, 0.4) is 0 Å². The van der Waals surface area contributed by atoms with Crippen molar-refractivity contribution in [2.45, 2.75) is 12.3 Å². The molecule has 90 valence electrons. The van der Waals surface area contributed by atoms with Crippen LogP contribution in [0.1, 0.15) is 7.43 Å². The Kier molecular flexibility index (Phi) is 8.25. The maximum atomic E-state index is 11.5. The minimum Gasteiger partial charge on any atom is -0.452 e. The Morgan fingerprint density at radius 3 is 2.18 bits per heavy atom. The van der Waals surface area contributed by atoms with Crippen LogP contribution in [0.2, 0.25) is 0 Å². The van der Waals surface area contributed by atoms with Gasteiger partial charge in [-0.3, -0.25) is 0 Å². The van der Waals surface area contributed by atoms with Crippen molar-refractivity contribution < 1.29 is 47.5 Å². The van der Waals surface area contributed by atoms with Gasteiger partial charge in [0.1, 0.15) is 0 Å². The number of anilines is 1. The fourth-order valence-electron chi connectivity index (χ4n) is 0.857. The predicted molar refractivity (Wildman–Crippen MR) is 60.3 cm³/mol. The molecule has 1 aromatic carbocycles. The van der Waals surface area contributed by atoms with Crippen LogP contribution in [0.15, 0.2) is 29.2 Å². The molecule has 6 nitrogen and oxygen atoms in total. The number of carbonyl (C=O) groups excluding carboxylic acids is 1. The third kappa shape index (κ3) is 5.40. The molecule has 0 aliphatic carbocycles. The van der Waals surface area contributed by atoms with Gasteiger partial charge in [0.05, 0.1) is 12.0 Å². The number of benzene rings is 1. The summed E-state index contributed by atoms with van der Waals surface area (Å²) in [6.45, 7) is 0. The smallest absolute Gasteiger partial charge is 0.452 e. The van der Waals surface area contributed by atoms with Crippen LogP contribution < -0.4 is 40.0 Å². The molecular formula is C9H14N2NaO4S+. The molecule has 1 aromatic rings. The number of methoxy groups -OCH3 is 1. The van der Waals surface area contributed by atoms with Gasteiger partial charge in [-0.2, -0.15) is 0 Å². The van der Waals surface area contributed by atoms with Gasteiger partial charge in [-0.25, -0.2) is 17.9 Å². The quantitative estimate of drug-likeness (QED) is 0.476. The number of nitrogens with one attached hydrogen (secondary N) is 1. The van der Waals surface area contributed by atoms with E-state index >= 15 is 0 Å². The normalized spacial score (nSPS) is 9.47. The van der Waals surface area contributed by atoms with Crippen molar-refractivity contribution >= 4 is 21.8 Å². The zero-order valence-electron chi connectivity index (χ0n) is 8.93. The molecule has 0 unspecified atom stereocenters. The number of ether oxygens (including phenoxy) is 1. The Morgan fingerprint density at radius 2 is 1.76 bits per heavy atom. The zero-order chi connectivity index (χ0) is 11.5. The zero-order valence-corrected chi connectivity index (χ0v) is 11.7. The second-order valence-corrected chi connectivity index (χ2v) is 4.35. The second-order valence-electron chi connectivity index (χ2n) is 2.67. The minimum absolute atomic E-state index is 0. The molecule has 0 heterocycles. The Balaban J connectivity index is 0. The van der Waals surface area contributed by atoms with Crippen molar-refractivity contribution in [2.75, 3.05) is 12.8 Å². The molecule has 3 N–H and O–H groups in total. The van der Waals surface area contributed by atoms with Crippen molar-refractivity contribution in [3.05, 3.63) is 24.3 Å². The molecule has 0 fully saturated rings. The fraction of sp³-hybridized carbons (Fsp3) is 0.222. The summed E-state index contributed by atoms with van der Waals surface area (Å²) in [6, 6.07) is 5.43. The summed E-state index contributed by atoms with van der Waals surface area (Å²) < 4.78 is 28.8. The average Bonchev–Trinajstić information content (AvgIpc) is 2.17. The molecule has 0 aromatic heterocycles. The van der Waals surface area contributed by atoms with E-state index in [4.69, 9.17) is 5.73 Å². The Labute approximate surface area is 123 Å². The number of sulfonamides is 1. The third-order valence-corrected chi connectivity index (χ3v) is 2.92. The van der Waals surface area contributed by atoms with Gasteiger partial charge in [0, 0.05) is 5.69 Å². The Hall–Kier alpha value is -0.760. The first-order chi connectivity index (χ1) is 6.95. The first kappa shape index (κ1) is 18.6. The molecular weight excluding hydrogens is 255 g/mol. The number of rotatable bonds is 2. The number of hydrogen-bond acceptors (Lipinski definition) is 5. The maximum absolute atomic E-state index is 11.5. The standard InChI is InChI=1S/C8H10N2O4S.CH4.Na/c1-14-8(11)10-15(12,13)7-4-2-6(9)3-5-7;;/h2-5H,9H2,1H3,(H,10,11);1H4;/q;;+1. The summed E-state index contributed by atoms with van der Waals surface area (Å²) in [5.74, 6) is 0. The van der Waals surface area contributed by atoms with Gasteiger partial charge in [-0.05, 0) is 24.3 Å². The third-order valence-electron chi connectivity index (χ3n) is 1.59. The molecule has 1 amide bonds. The van der Waals surface area contributed by atoms with Crippen LogP contribution in [0.25, 0.3) is 0 Å². The van der Waals surface area contributed by atoms with Crippen LogP contribution in [0.5, 0.6) is 0 Å². The van der Waals surface area contributed by atoms with Gasteiger partial charge in [0.25, 0.3) is 10.0 Å². The van der Waals surface area contributed by atoms with Gasteiger partial charge in [-0.15, -0.1) is 0 Å². The molecule has 8 heteroatoms. The van der Waals surface area contributed by atoms with E-state index < -0.39 is 16.1 Å². The molecule has 0 saturated heterocycles. The van der Waals surface area contributed by atoms with Gasteiger partial charge < -0.3 is 10.5 Å². The van der Waals surface area contributed by atoms with Crippen molar-refractivity contribution in [1.29, 1.82) is 0 Å². The van der Waals surface area contributed by atoms with Gasteiger partial charge in [0.2, 0.25) is 0 Å². The van der Waals surface area contributed by atoms with Crippen LogP contribution >= 0.6 is 0 Å². The summed E-state index contributed by atoms with van der Waals surface area (Å²) in [7, 11) is -2.79. The Morgan fingerprint density at radius 1 is 1.29 bits per heavy atom. The van der Waals surface area contributed by atoms with Gasteiger partial charge >= 0.3 is 35.7 Å². The van der Waals surface area contributed by atoms with Gasteiger partial charge in [-0.1, -0.05) is 7.43 Å².